The normalized spacial score (nSPS) is 13.1. The lowest BCUT2D eigenvalue weighted by Crippen LogP contribution is -2.49. The molecule has 0 saturated heterocycles. The molecule has 0 aliphatic rings. The van der Waals surface area contributed by atoms with Gasteiger partial charge in [-0.3, -0.25) is 24.7 Å². The number of alkyl carbamates (subject to hydrolysis) is 2. The van der Waals surface area contributed by atoms with Gasteiger partial charge >= 0.3 is 30.2 Å². The van der Waals surface area contributed by atoms with Crippen LogP contribution in [-0.4, -0.2) is 115 Å². The number of ether oxygens (including phenoxy) is 2. The van der Waals surface area contributed by atoms with Gasteiger partial charge in [-0.2, -0.15) is 0 Å². The van der Waals surface area contributed by atoms with Crippen molar-refractivity contribution in [1.82, 2.24) is 51.0 Å². The molecule has 7 N–H and O–H groups in total. The molecule has 0 fully saturated rings. The molecule has 4 heterocycles. The fraction of sp³-hybridized carbons (Fsp3) is 0.633. The second-order valence-electron chi connectivity index (χ2n) is 18.2. The highest BCUT2D eigenvalue weighted by atomic mass is 127. The molecule has 0 bridgehead atoms. The minimum Gasteiger partial charge on any atom is -0.480 e. The van der Waals surface area contributed by atoms with Gasteiger partial charge in [-0.1, -0.05) is 61.8 Å². The van der Waals surface area contributed by atoms with Gasteiger partial charge in [-0.25, -0.2) is 24.0 Å². The van der Waals surface area contributed by atoms with E-state index in [0.717, 1.165) is 70.9 Å². The van der Waals surface area contributed by atoms with Gasteiger partial charge in [0.2, 0.25) is 0 Å². The van der Waals surface area contributed by atoms with E-state index in [1.54, 1.807) is 79.7 Å². The van der Waals surface area contributed by atoms with Crippen LogP contribution >= 0.6 is 69.3 Å². The van der Waals surface area contributed by atoms with Gasteiger partial charge < -0.3 is 51.4 Å². The van der Waals surface area contributed by atoms with Crippen LogP contribution in [0.15, 0.2) is 46.8 Å². The lowest BCUT2D eigenvalue weighted by molar-refractivity contribution is -0.140. The standard InChI is InChI=1S/C25H39N5O4S2.C13H23N3O2S.C11H17N3O3S.HI/c1-6-18(8-9-19(7-2)28-25(33)34-14-21-12-27-16-36-21)10-22(31)23(17(3)4)29-24(32)30(5)13-20-11-26-15-35-20;1-3-10(14)5-6-11(4-2)16-13(17)18-8-12-7-15-9-19-12;1-7(2)9(10(15)16)13-11(17)14(3)5-8-4-12-6-18-8;/h11-12,15-19,23H,6-10,13-14H2,1-5H3,(H,28,33)(H,29,32);7,9-11H,3-6,8,14H2,1-2H3,(H,16,17);4,6-7,9H,5H2,1-3H3,(H,13,17)(H,15,16);1H/t18-,19-,23-;10-,11-;9-;/m000./s1. The second kappa shape index (κ2) is 38.0. The number of nitrogens with one attached hydrogen (secondary N) is 4. The van der Waals surface area contributed by atoms with Gasteiger partial charge in [-0.05, 0) is 62.7 Å². The Hall–Kier alpha value is -4.57. The molecule has 416 valence electrons. The van der Waals surface area contributed by atoms with Gasteiger partial charge in [0.05, 0.1) is 50.9 Å². The largest absolute Gasteiger partial charge is 0.480 e. The number of ketones is 1. The third kappa shape index (κ3) is 27.8. The maximum atomic E-state index is 13.2. The Morgan fingerprint density at radius 3 is 1.31 bits per heavy atom. The number of aliphatic carboxylic acids is 1. The predicted molar refractivity (Wildman–Crippen MR) is 304 cm³/mol. The molecule has 4 aromatic rings. The summed E-state index contributed by atoms with van der Waals surface area (Å²) in [7, 11) is 3.33. The second-order valence-corrected chi connectivity index (χ2v) is 22.1. The molecular formula is C49H80IN11O9S4. The molecule has 0 unspecified atom stereocenters. The van der Waals surface area contributed by atoms with Crippen molar-refractivity contribution in [2.45, 2.75) is 170 Å². The van der Waals surface area contributed by atoms with E-state index in [4.69, 9.17) is 20.3 Å². The summed E-state index contributed by atoms with van der Waals surface area (Å²) in [5.74, 6) is -0.988. The number of rotatable bonds is 28. The van der Waals surface area contributed by atoms with Gasteiger partial charge in [-0.15, -0.1) is 69.3 Å². The average molecular weight is 1220 g/mol. The average Bonchev–Trinajstić information content (AvgIpc) is 4.24. The molecule has 0 spiro atoms. The monoisotopic (exact) mass is 1220 g/mol. The van der Waals surface area contributed by atoms with E-state index in [2.05, 4.69) is 55.1 Å². The number of nitrogens with two attached hydrogens (primary N) is 1. The first-order chi connectivity index (χ1) is 34.8. The van der Waals surface area contributed by atoms with Gasteiger partial charge in [0, 0.05) is 73.2 Å². The van der Waals surface area contributed by atoms with Crippen molar-refractivity contribution in [3.63, 3.8) is 0 Å². The maximum absolute atomic E-state index is 13.2. The number of halogens is 1. The minimum absolute atomic E-state index is 0. The van der Waals surface area contributed by atoms with Crippen LogP contribution in [0.2, 0.25) is 0 Å². The Morgan fingerprint density at radius 2 is 0.973 bits per heavy atom. The summed E-state index contributed by atoms with van der Waals surface area (Å²) in [6.07, 6.45) is 13.2. The number of carboxylic acid groups (broad SMARTS) is 1. The Kier molecular flexibility index (Phi) is 34.7. The fourth-order valence-electron chi connectivity index (χ4n) is 6.86. The molecule has 4 rings (SSSR count). The van der Waals surface area contributed by atoms with Gasteiger partial charge in [0.1, 0.15) is 19.3 Å². The van der Waals surface area contributed by atoms with Crippen LogP contribution in [0, 0.1) is 17.8 Å². The lowest BCUT2D eigenvalue weighted by Gasteiger charge is -2.27. The van der Waals surface area contributed by atoms with Crippen LogP contribution in [0.5, 0.6) is 0 Å². The van der Waals surface area contributed by atoms with E-state index in [1.165, 1.54) is 50.2 Å². The van der Waals surface area contributed by atoms with Crippen molar-refractivity contribution < 1.29 is 43.3 Å². The summed E-state index contributed by atoms with van der Waals surface area (Å²) in [6.45, 7) is 17.0. The van der Waals surface area contributed by atoms with Crippen LogP contribution in [-0.2, 0) is 45.4 Å². The number of Topliss-reactive ketones (excluding diaryl/α,β-unsaturated/α-hetero) is 1. The highest BCUT2D eigenvalue weighted by Crippen LogP contribution is 2.21. The third-order valence-electron chi connectivity index (χ3n) is 11.6. The van der Waals surface area contributed by atoms with Crippen LogP contribution in [0.25, 0.3) is 0 Å². The molecule has 6 amide bonds. The van der Waals surface area contributed by atoms with Crippen LogP contribution in [0.3, 0.4) is 0 Å². The number of thiazole rings is 4. The summed E-state index contributed by atoms with van der Waals surface area (Å²) >= 11 is 5.86. The Morgan fingerprint density at radius 1 is 0.581 bits per heavy atom. The molecule has 25 heteroatoms. The number of aromatic nitrogens is 4. The van der Waals surface area contributed by atoms with E-state index in [9.17, 15) is 28.8 Å². The fourth-order valence-corrected chi connectivity index (χ4v) is 9.17. The summed E-state index contributed by atoms with van der Waals surface area (Å²) < 4.78 is 10.4. The van der Waals surface area contributed by atoms with Crippen LogP contribution < -0.4 is 27.0 Å². The molecule has 6 atom stereocenters. The molecule has 0 aromatic carbocycles. The number of hydrogen-bond donors (Lipinski definition) is 6. The van der Waals surface area contributed by atoms with Crippen molar-refractivity contribution in [2.24, 2.45) is 23.5 Å². The maximum Gasteiger partial charge on any atom is 0.407 e. The SMILES string of the molecule is CC(C)[C@H](NC(=O)N(C)Cc1cncs1)C(=O)O.CC[C@@H](CC[C@H](CC)NC(=O)OCc1cncs1)CC(=O)[C@@H](NC(=O)N(C)Cc1cncs1)C(C)C.CC[C@H](N)CC[C@H](CC)NC(=O)OCc1cncs1.I. The number of hydrogen-bond acceptors (Lipinski definition) is 17. The molecule has 0 radical (unpaired) electrons. The van der Waals surface area contributed by atoms with E-state index < -0.39 is 30.2 Å². The van der Waals surface area contributed by atoms with E-state index in [-0.39, 0.29) is 91.0 Å². The minimum atomic E-state index is -1.02. The zero-order valence-corrected chi connectivity index (χ0v) is 50.0. The number of carboxylic acids is 1. The van der Waals surface area contributed by atoms with E-state index in [1.807, 2.05) is 27.7 Å². The molecule has 0 aliphatic heterocycles. The quantitative estimate of drug-likeness (QED) is 0.0289. The van der Waals surface area contributed by atoms with Gasteiger partial charge in [0.15, 0.2) is 5.78 Å². The molecular weight excluding hydrogens is 1140 g/mol. The molecule has 0 saturated carbocycles. The van der Waals surface area contributed by atoms with Crippen molar-refractivity contribution in [3.8, 4) is 0 Å². The van der Waals surface area contributed by atoms with Crippen molar-refractivity contribution in [1.29, 1.82) is 0 Å². The zero-order chi connectivity index (χ0) is 54.3. The van der Waals surface area contributed by atoms with Crippen LogP contribution in [0.1, 0.15) is 133 Å². The number of carbonyl (C=O) groups is 6. The summed E-state index contributed by atoms with van der Waals surface area (Å²) in [5.41, 5.74) is 12.7. The summed E-state index contributed by atoms with van der Waals surface area (Å²) in [5, 5.41) is 20.2. The highest BCUT2D eigenvalue weighted by Gasteiger charge is 2.28. The first-order valence-corrected chi connectivity index (χ1v) is 28.2. The summed E-state index contributed by atoms with van der Waals surface area (Å²) in [4.78, 5) is 95.1. The topological polar surface area (TPSA) is 273 Å². The van der Waals surface area contributed by atoms with Crippen molar-refractivity contribution in [3.05, 3.63) is 66.3 Å². The zero-order valence-electron chi connectivity index (χ0n) is 44.4. The molecule has 74 heavy (non-hydrogen) atoms. The lowest BCUT2D eigenvalue weighted by atomic mass is 9.87. The summed E-state index contributed by atoms with van der Waals surface area (Å²) in [6, 6.07) is -1.77. The smallest absolute Gasteiger partial charge is 0.407 e. The Labute approximate surface area is 470 Å². The number of urea groups is 2. The number of nitrogens with zero attached hydrogens (tertiary/aromatic N) is 6. The first kappa shape index (κ1) is 67.4. The third-order valence-corrected chi connectivity index (χ3v) is 14.7. The van der Waals surface area contributed by atoms with Crippen LogP contribution in [0.4, 0.5) is 19.2 Å². The molecule has 4 aromatic heterocycles. The number of carbonyl (C=O) groups excluding carboxylic acids is 5. The van der Waals surface area contributed by atoms with Crippen molar-refractivity contribution >= 4 is 105 Å². The first-order valence-electron chi connectivity index (χ1n) is 24.7. The number of amides is 6. The van der Waals surface area contributed by atoms with E-state index in [0.29, 0.717) is 19.5 Å². The van der Waals surface area contributed by atoms with Gasteiger partial charge in [0.25, 0.3) is 0 Å². The van der Waals surface area contributed by atoms with Crippen molar-refractivity contribution in [2.75, 3.05) is 14.1 Å². The Balaban J connectivity index is 0.000000607. The molecule has 20 nitrogen and oxygen atoms in total. The van der Waals surface area contributed by atoms with E-state index >= 15 is 0 Å². The molecule has 0 aliphatic carbocycles. The highest BCUT2D eigenvalue weighted by molar-refractivity contribution is 14.0. The Bertz CT molecular complexity index is 2140. The predicted octanol–water partition coefficient (Wildman–Crippen LogP) is 9.91.